The van der Waals surface area contributed by atoms with E-state index in [-0.39, 0.29) is 133 Å². The number of amides is 13. The number of aromatic hydroxyl groups is 1. The fourth-order valence-corrected chi connectivity index (χ4v) is 14.2. The van der Waals surface area contributed by atoms with E-state index in [0.717, 1.165) is 22.9 Å². The lowest BCUT2D eigenvalue weighted by atomic mass is 9.99. The second kappa shape index (κ2) is 48.1. The number of primary amides is 1. The minimum Gasteiger partial charge on any atom is -0.508 e. The standard InChI is InChI=1S/C84H116FN23O15/c1-46(2)36-62(73(115)99-59(18-10-32-93-82(87)88)71(113)103-63(37-47(3)4)74(116)101-61(20-12-34-95-84(91)92)81(123)108-35-13-21-69(108)80(122)97-44-70(86)112)102-72(114)60(19-11-33-94-83(89)90)100-76(118)65(40-50-25-30-56(111)31-26-50)105-79(121)68(45-109)107-78(120)67(42-54-43-96-58-17-9-8-16-57(54)58)106-77(119)66(39-49-23-28-55(85)29-24-49)104-75(117)64(98-48(5)110)41-51-22-27-52-14-6-7-15-53(52)38-51/h6-9,14-17,22-31,38,43,46-47,59-69,96,109,111H,10-13,18-21,32-37,39-42,44-45H2,1-5H3,(H2,86,112)(H,97,122)(H,98,110)(H,99,115)(H,100,118)(H,101,116)(H,102,114)(H,103,113)(H,104,117)(H,105,121)(H,106,119)(H,107,120)(H4,87,88,93)(H4,89,90,94)(H4,91,92,95)/t59-,60+,61-,62-,63-,64+,65-,66+,67+,68-,69-/m0/s1. The molecule has 0 aliphatic carbocycles. The monoisotopic (exact) mass is 1710 g/mol. The van der Waals surface area contributed by atoms with Gasteiger partial charge in [0, 0.05) is 75.9 Å². The summed E-state index contributed by atoms with van der Waals surface area (Å²) in [6.07, 6.45) is 1.03. The van der Waals surface area contributed by atoms with Gasteiger partial charge in [-0.1, -0.05) is 113 Å². The highest BCUT2D eigenvalue weighted by Crippen LogP contribution is 2.24. The SMILES string of the molecule is CC(=O)N[C@H](Cc1ccc2ccccc2c1)C(=O)N[C@H](Cc1ccc(F)cc1)C(=O)N[C@H](Cc1c[nH]c2ccccc12)C(=O)N[C@@H](CO)C(=O)N[C@@H](Cc1ccc(O)cc1)C(=O)N[C@H](CCCNC(=N)N)C(=O)N[C@@H](CC(C)C)C(=O)N[C@@H](CCCNC(=N)N)C(=O)N[C@@H](CC(C)C)C(=O)N[C@@H](CCCNC(=N)N)C(=O)N1CCC[C@H]1C(=O)NCC(N)=O. The minimum atomic E-state index is -1.91. The van der Waals surface area contributed by atoms with Crippen LogP contribution < -0.4 is 97.4 Å². The highest BCUT2D eigenvalue weighted by Gasteiger charge is 2.41. The number of aliphatic hydroxyl groups excluding tert-OH is 1. The van der Waals surface area contributed by atoms with Crippen molar-refractivity contribution in [1.29, 1.82) is 16.2 Å². The maximum Gasteiger partial charge on any atom is 0.245 e. The zero-order valence-electron chi connectivity index (χ0n) is 69.5. The number of nitrogens with zero attached hydrogens (tertiary/aromatic N) is 1. The fraction of sp³-hybridized carbons (Fsp3) is 0.452. The van der Waals surface area contributed by atoms with Gasteiger partial charge in [-0.25, -0.2) is 4.39 Å². The molecular formula is C84H116FN23O15. The Hall–Kier alpha value is -13.5. The van der Waals surface area contributed by atoms with Crippen LogP contribution in [0.2, 0.25) is 0 Å². The lowest BCUT2D eigenvalue weighted by Crippen LogP contribution is -2.61. The number of fused-ring (bicyclic) bond motifs is 2. The number of nitrogens with one attached hydrogen (secondary N) is 18. The number of rotatable bonds is 48. The number of guanidine groups is 3. The van der Waals surface area contributed by atoms with Crippen molar-refractivity contribution in [3.05, 3.63) is 150 Å². The number of H-pyrrole nitrogens is 1. The Morgan fingerprint density at radius 2 is 0.870 bits per heavy atom. The molecule has 6 aromatic rings. The highest BCUT2D eigenvalue weighted by molar-refractivity contribution is 6.01. The number of benzene rings is 5. The van der Waals surface area contributed by atoms with Gasteiger partial charge in [0.05, 0.1) is 13.2 Å². The first-order valence-corrected chi connectivity index (χ1v) is 40.8. The lowest BCUT2D eigenvalue weighted by molar-refractivity contribution is -0.142. The molecule has 1 fully saturated rings. The van der Waals surface area contributed by atoms with E-state index in [0.29, 0.717) is 39.6 Å². The summed E-state index contributed by atoms with van der Waals surface area (Å²) in [6.45, 7) is 6.86. The molecule has 38 nitrogen and oxygen atoms in total. The predicted molar refractivity (Wildman–Crippen MR) is 457 cm³/mol. The number of aliphatic hydroxyl groups is 1. The van der Waals surface area contributed by atoms with Gasteiger partial charge in [0.25, 0.3) is 0 Å². The molecule has 664 valence electrons. The molecule has 0 unspecified atom stereocenters. The minimum absolute atomic E-state index is 0.0134. The summed E-state index contributed by atoms with van der Waals surface area (Å²) in [5.74, 6) is -13.8. The number of hydrogen-bond donors (Lipinski definition) is 24. The summed E-state index contributed by atoms with van der Waals surface area (Å²) in [7, 11) is 0. The van der Waals surface area contributed by atoms with Crippen molar-refractivity contribution in [2.45, 2.75) is 191 Å². The average molecular weight is 1710 g/mol. The van der Waals surface area contributed by atoms with Crippen LogP contribution in [-0.4, -0.2) is 221 Å². The number of para-hydroxylation sites is 1. The van der Waals surface area contributed by atoms with E-state index in [1.54, 1.807) is 64.2 Å². The third kappa shape index (κ3) is 31.9. The first kappa shape index (κ1) is 96.6. The largest absolute Gasteiger partial charge is 0.508 e. The van der Waals surface area contributed by atoms with Crippen molar-refractivity contribution in [3.8, 4) is 5.75 Å². The molecule has 39 heteroatoms. The van der Waals surface area contributed by atoms with Gasteiger partial charge in [-0.05, 0) is 139 Å². The Morgan fingerprint density at radius 1 is 0.472 bits per heavy atom. The van der Waals surface area contributed by atoms with Crippen LogP contribution in [0.15, 0.2) is 121 Å². The summed E-state index contributed by atoms with van der Waals surface area (Å²) >= 11 is 0. The number of halogens is 1. The molecular weight excluding hydrogens is 1590 g/mol. The molecule has 1 aromatic heterocycles. The molecule has 1 aliphatic rings. The van der Waals surface area contributed by atoms with Gasteiger partial charge in [0.15, 0.2) is 17.9 Å². The first-order valence-electron chi connectivity index (χ1n) is 40.8. The molecule has 0 saturated carbocycles. The average Bonchev–Trinajstić information content (AvgIpc) is 1.78. The van der Waals surface area contributed by atoms with Crippen molar-refractivity contribution >= 4 is 116 Å². The first-order chi connectivity index (χ1) is 58.5. The van der Waals surface area contributed by atoms with E-state index >= 15 is 19.2 Å². The highest BCUT2D eigenvalue weighted by atomic mass is 19.1. The van der Waals surface area contributed by atoms with E-state index in [4.69, 9.17) is 39.2 Å². The van der Waals surface area contributed by atoms with Gasteiger partial charge < -0.3 is 117 Å². The van der Waals surface area contributed by atoms with Crippen molar-refractivity contribution in [2.75, 3.05) is 39.3 Å². The van der Waals surface area contributed by atoms with E-state index in [1.165, 1.54) is 48.2 Å². The van der Waals surface area contributed by atoms with Gasteiger partial charge >= 0.3 is 0 Å². The Morgan fingerprint density at radius 3 is 1.36 bits per heavy atom. The van der Waals surface area contributed by atoms with Crippen LogP contribution in [0.25, 0.3) is 21.7 Å². The normalized spacial score (nSPS) is 14.8. The van der Waals surface area contributed by atoms with Crippen molar-refractivity contribution < 1.29 is 76.9 Å². The zero-order chi connectivity index (χ0) is 90.0. The predicted octanol–water partition coefficient (Wildman–Crippen LogP) is -1.23. The van der Waals surface area contributed by atoms with Crippen LogP contribution in [0, 0.1) is 33.9 Å². The third-order valence-corrected chi connectivity index (χ3v) is 20.3. The number of nitrogens with two attached hydrogens (primary N) is 4. The second-order valence-corrected chi connectivity index (χ2v) is 31.2. The van der Waals surface area contributed by atoms with Crippen LogP contribution in [0.3, 0.4) is 0 Å². The Kier molecular flexibility index (Phi) is 37.8. The Labute approximate surface area is 711 Å². The molecule has 0 spiro atoms. The number of phenols is 1. The molecule has 7 rings (SSSR count). The molecule has 0 radical (unpaired) electrons. The van der Waals surface area contributed by atoms with Gasteiger partial charge in [-0.15, -0.1) is 0 Å². The molecule has 1 saturated heterocycles. The smallest absolute Gasteiger partial charge is 0.245 e. The molecule has 13 amide bonds. The Bertz CT molecular complexity index is 4700. The van der Waals surface area contributed by atoms with Gasteiger partial charge in [-0.3, -0.25) is 78.6 Å². The number of phenolic OH excluding ortho intramolecular Hbond substituents is 1. The van der Waals surface area contributed by atoms with Crippen LogP contribution in [0.4, 0.5) is 4.39 Å². The van der Waals surface area contributed by atoms with Crippen LogP contribution in [0.1, 0.15) is 121 Å². The van der Waals surface area contributed by atoms with E-state index < -0.39 is 174 Å². The third-order valence-electron chi connectivity index (χ3n) is 20.3. The van der Waals surface area contributed by atoms with Crippen LogP contribution >= 0.6 is 0 Å². The molecule has 123 heavy (non-hydrogen) atoms. The quantitative estimate of drug-likeness (QED) is 0.0121. The van der Waals surface area contributed by atoms with Gasteiger partial charge in [0.2, 0.25) is 76.8 Å². The van der Waals surface area contributed by atoms with Crippen LogP contribution in [0.5, 0.6) is 5.75 Å². The van der Waals surface area contributed by atoms with Gasteiger partial charge in [0.1, 0.15) is 78.0 Å². The fourth-order valence-electron chi connectivity index (χ4n) is 14.2. The molecule has 5 aromatic carbocycles. The number of carbonyl (C=O) groups is 13. The van der Waals surface area contributed by atoms with Crippen molar-refractivity contribution in [3.63, 3.8) is 0 Å². The summed E-state index contributed by atoms with van der Waals surface area (Å²) in [5, 5.41) is 84.2. The van der Waals surface area contributed by atoms with Crippen molar-refractivity contribution in [2.24, 2.45) is 34.8 Å². The number of likely N-dealkylation sites (tertiary alicyclic amines) is 1. The van der Waals surface area contributed by atoms with E-state index in [9.17, 15) is 57.8 Å². The second-order valence-electron chi connectivity index (χ2n) is 31.2. The summed E-state index contributed by atoms with van der Waals surface area (Å²) in [6, 6.07) is 14.4. The topological polar surface area (TPSA) is 625 Å². The molecule has 28 N–H and O–H groups in total. The van der Waals surface area contributed by atoms with Gasteiger partial charge in [-0.2, -0.15) is 0 Å². The maximum absolute atomic E-state index is 15.1. The summed E-state index contributed by atoms with van der Waals surface area (Å²) in [4.78, 5) is 191. The van der Waals surface area contributed by atoms with E-state index in [1.807, 2.05) is 36.4 Å². The lowest BCUT2D eigenvalue weighted by Gasteiger charge is -2.31. The summed E-state index contributed by atoms with van der Waals surface area (Å²) < 4.78 is 14.4. The van der Waals surface area contributed by atoms with Crippen LogP contribution in [-0.2, 0) is 88.0 Å². The molecule has 0 bridgehead atoms. The number of aromatic amines is 1. The number of hydrogen-bond acceptors (Lipinski definition) is 18. The summed E-state index contributed by atoms with van der Waals surface area (Å²) in [5.41, 5.74) is 24.5. The number of carbonyl (C=O) groups excluding carboxylic acids is 13. The number of aromatic nitrogens is 1. The maximum atomic E-state index is 15.1. The molecule has 11 atom stereocenters. The molecule has 2 heterocycles. The Balaban J connectivity index is 1.14. The van der Waals surface area contributed by atoms with Crippen molar-refractivity contribution in [1.82, 2.24) is 84.3 Å². The molecule has 1 aliphatic heterocycles. The van der Waals surface area contributed by atoms with E-state index in [2.05, 4.69) is 79.4 Å². The zero-order valence-corrected chi connectivity index (χ0v) is 69.5.